The van der Waals surface area contributed by atoms with Gasteiger partial charge in [-0.1, -0.05) is 30.3 Å². The molecular formula is C38H53N7O5. The molecule has 2 fully saturated rings. The Morgan fingerprint density at radius 2 is 1.72 bits per heavy atom. The molecule has 0 unspecified atom stereocenters. The summed E-state index contributed by atoms with van der Waals surface area (Å²) < 4.78 is 11.5. The van der Waals surface area contributed by atoms with Gasteiger partial charge in [-0.15, -0.1) is 0 Å². The molecule has 1 aromatic heterocycles. The van der Waals surface area contributed by atoms with Gasteiger partial charge in [0.15, 0.2) is 5.60 Å². The summed E-state index contributed by atoms with van der Waals surface area (Å²) in [4.78, 5) is 42.8. The quantitative estimate of drug-likeness (QED) is 0.164. The number of hydrogen-bond acceptors (Lipinski definition) is 7. The van der Waals surface area contributed by atoms with E-state index in [0.29, 0.717) is 38.3 Å². The highest BCUT2D eigenvalue weighted by Crippen LogP contribution is 2.32. The highest BCUT2D eigenvalue weighted by atomic mass is 16.6. The van der Waals surface area contributed by atoms with E-state index in [-0.39, 0.29) is 24.0 Å². The van der Waals surface area contributed by atoms with Gasteiger partial charge >= 0.3 is 12.1 Å². The lowest BCUT2D eigenvalue weighted by Crippen LogP contribution is -2.52. The molecule has 12 nitrogen and oxygen atoms in total. The Kier molecular flexibility index (Phi) is 11.6. The predicted octanol–water partition coefficient (Wildman–Crippen LogP) is 5.92. The van der Waals surface area contributed by atoms with Gasteiger partial charge in [0.25, 0.3) is 5.91 Å². The summed E-state index contributed by atoms with van der Waals surface area (Å²) in [6.07, 6.45) is 7.68. The van der Waals surface area contributed by atoms with Gasteiger partial charge in [0.05, 0.1) is 6.20 Å². The SMILES string of the molecule is Cc1ccc(OC(C)(C)C(=O)NCCCNC(=O)OC(C)(C)C)cc1N1CCC[C@@H](NC(=O)N(Cc2ccc(-c3cn[nH]c3)cc2)C2CC2)C1. The van der Waals surface area contributed by atoms with E-state index in [4.69, 9.17) is 9.47 Å². The number of benzene rings is 2. The third-order valence-corrected chi connectivity index (χ3v) is 8.88. The zero-order valence-corrected chi connectivity index (χ0v) is 30.3. The number of hydrogen-bond donors (Lipinski definition) is 4. The first-order valence-electron chi connectivity index (χ1n) is 17.7. The highest BCUT2D eigenvalue weighted by Gasteiger charge is 2.35. The lowest BCUT2D eigenvalue weighted by molar-refractivity contribution is -0.134. The molecule has 4 amide bonds. The third kappa shape index (κ3) is 10.4. The predicted molar refractivity (Wildman–Crippen MR) is 194 cm³/mol. The van der Waals surface area contributed by atoms with E-state index in [9.17, 15) is 14.4 Å². The number of carbonyl (C=O) groups excluding carboxylic acids is 3. The molecule has 1 saturated carbocycles. The van der Waals surface area contributed by atoms with Gasteiger partial charge in [-0.25, -0.2) is 9.59 Å². The number of ether oxygens (including phenoxy) is 2. The van der Waals surface area contributed by atoms with E-state index in [0.717, 1.165) is 60.2 Å². The van der Waals surface area contributed by atoms with Gasteiger partial charge in [-0.2, -0.15) is 5.10 Å². The van der Waals surface area contributed by atoms with Crippen molar-refractivity contribution < 1.29 is 23.9 Å². The summed E-state index contributed by atoms with van der Waals surface area (Å²) in [5.41, 5.74) is 3.68. The zero-order valence-electron chi connectivity index (χ0n) is 30.3. The van der Waals surface area contributed by atoms with Crippen LogP contribution in [0.5, 0.6) is 5.75 Å². The Bertz CT molecular complexity index is 1600. The van der Waals surface area contributed by atoms with Gasteiger partial charge < -0.3 is 35.2 Å². The Balaban J connectivity index is 1.13. The van der Waals surface area contributed by atoms with Gasteiger partial charge in [-0.05, 0) is 96.4 Å². The van der Waals surface area contributed by atoms with Crippen LogP contribution in [-0.4, -0.2) is 82.6 Å². The van der Waals surface area contributed by atoms with Crippen molar-refractivity contribution in [3.8, 4) is 16.9 Å². The smallest absolute Gasteiger partial charge is 0.407 e. The zero-order chi connectivity index (χ0) is 35.9. The maximum absolute atomic E-state index is 13.6. The van der Waals surface area contributed by atoms with Crippen LogP contribution in [0, 0.1) is 6.92 Å². The fourth-order valence-corrected chi connectivity index (χ4v) is 6.07. The summed E-state index contributed by atoms with van der Waals surface area (Å²) in [5.74, 6) is 0.356. The summed E-state index contributed by atoms with van der Waals surface area (Å²) in [6.45, 7) is 13.9. The molecule has 270 valence electrons. The lowest BCUT2D eigenvalue weighted by atomic mass is 10.0. The molecular weight excluding hydrogens is 634 g/mol. The number of piperidine rings is 1. The minimum atomic E-state index is -1.12. The number of nitrogens with one attached hydrogen (secondary N) is 4. The Hall–Kier alpha value is -4.74. The molecule has 1 aliphatic heterocycles. The third-order valence-electron chi connectivity index (χ3n) is 8.88. The monoisotopic (exact) mass is 687 g/mol. The maximum Gasteiger partial charge on any atom is 0.407 e. The minimum Gasteiger partial charge on any atom is -0.478 e. The minimum absolute atomic E-state index is 0.0111. The van der Waals surface area contributed by atoms with Crippen molar-refractivity contribution in [1.29, 1.82) is 0 Å². The maximum atomic E-state index is 13.6. The van der Waals surface area contributed by atoms with Crippen molar-refractivity contribution in [1.82, 2.24) is 31.0 Å². The first-order valence-corrected chi connectivity index (χ1v) is 17.7. The topological polar surface area (TPSA) is 141 Å². The number of anilines is 1. The van der Waals surface area contributed by atoms with Crippen molar-refractivity contribution in [2.24, 2.45) is 0 Å². The normalized spacial score (nSPS) is 16.4. The van der Waals surface area contributed by atoms with E-state index < -0.39 is 17.3 Å². The Labute approximate surface area is 295 Å². The summed E-state index contributed by atoms with van der Waals surface area (Å²) in [7, 11) is 0. The second-order valence-corrected chi connectivity index (χ2v) is 14.9. The van der Waals surface area contributed by atoms with Crippen LogP contribution in [-0.2, 0) is 16.1 Å². The summed E-state index contributed by atoms with van der Waals surface area (Å²) in [5, 5.41) is 15.8. The molecule has 50 heavy (non-hydrogen) atoms. The number of urea groups is 1. The number of alkyl carbamates (subject to hydrolysis) is 1. The van der Waals surface area contributed by atoms with Crippen LogP contribution < -0.4 is 25.6 Å². The van der Waals surface area contributed by atoms with Crippen LogP contribution in [0.4, 0.5) is 15.3 Å². The molecule has 1 aliphatic carbocycles. The van der Waals surface area contributed by atoms with Gasteiger partial charge in [0.2, 0.25) is 0 Å². The number of amides is 4. The Morgan fingerprint density at radius 3 is 2.40 bits per heavy atom. The molecule has 1 saturated heterocycles. The second kappa shape index (κ2) is 15.9. The summed E-state index contributed by atoms with van der Waals surface area (Å²) >= 11 is 0. The molecule has 12 heteroatoms. The highest BCUT2D eigenvalue weighted by molar-refractivity contribution is 5.84. The molecule has 3 aromatic rings. The fourth-order valence-electron chi connectivity index (χ4n) is 6.07. The first kappa shape index (κ1) is 36.5. The van der Waals surface area contributed by atoms with Crippen LogP contribution >= 0.6 is 0 Å². The van der Waals surface area contributed by atoms with Crippen LogP contribution in [0.3, 0.4) is 0 Å². The lowest BCUT2D eigenvalue weighted by Gasteiger charge is -2.37. The van der Waals surface area contributed by atoms with E-state index in [1.165, 1.54) is 0 Å². The van der Waals surface area contributed by atoms with E-state index in [2.05, 4.69) is 62.2 Å². The number of aryl methyl sites for hydroxylation is 1. The van der Waals surface area contributed by atoms with E-state index in [1.54, 1.807) is 20.0 Å². The first-order chi connectivity index (χ1) is 23.8. The van der Waals surface area contributed by atoms with Gasteiger partial charge in [0.1, 0.15) is 11.4 Å². The van der Waals surface area contributed by atoms with Crippen molar-refractivity contribution in [2.75, 3.05) is 31.1 Å². The van der Waals surface area contributed by atoms with Crippen LogP contribution in [0.2, 0.25) is 0 Å². The van der Waals surface area contributed by atoms with E-state index >= 15 is 0 Å². The molecule has 0 spiro atoms. The molecule has 1 atom stereocenters. The average Bonchev–Trinajstić information content (AvgIpc) is 3.75. The summed E-state index contributed by atoms with van der Waals surface area (Å²) in [6, 6.07) is 14.5. The van der Waals surface area contributed by atoms with Crippen molar-refractivity contribution in [2.45, 2.75) is 103 Å². The molecule has 0 radical (unpaired) electrons. The molecule has 5 rings (SSSR count). The van der Waals surface area contributed by atoms with Crippen molar-refractivity contribution >= 4 is 23.7 Å². The van der Waals surface area contributed by atoms with Crippen molar-refractivity contribution in [3.05, 3.63) is 66.0 Å². The van der Waals surface area contributed by atoms with Crippen LogP contribution in [0.25, 0.3) is 11.1 Å². The number of aromatic nitrogens is 2. The van der Waals surface area contributed by atoms with E-state index in [1.807, 2.05) is 50.1 Å². The number of rotatable bonds is 13. The number of carbonyl (C=O) groups is 3. The number of nitrogens with zero attached hydrogens (tertiary/aromatic N) is 3. The Morgan fingerprint density at radius 1 is 0.980 bits per heavy atom. The number of aromatic amines is 1. The standard InChI is InChI=1S/C38H53N7O5/c1-26-10-17-32(49-38(5,6)34(46)39-18-8-19-40-36(48)50-37(2,3)4)21-33(26)44-20-7-9-30(25-44)43-35(47)45(31-15-16-31)24-27-11-13-28(14-12-27)29-22-41-42-23-29/h10-14,17,21-23,30-31H,7-9,15-16,18-20,24-25H2,1-6H3,(H,39,46)(H,40,48)(H,41,42)(H,43,47)/t30-/m1/s1. The number of H-pyrrole nitrogens is 1. The second-order valence-electron chi connectivity index (χ2n) is 14.9. The van der Waals surface area contributed by atoms with Crippen LogP contribution in [0.15, 0.2) is 54.9 Å². The largest absolute Gasteiger partial charge is 0.478 e. The molecule has 0 bridgehead atoms. The fraction of sp³-hybridized carbons (Fsp3) is 0.526. The molecule has 2 aliphatic rings. The van der Waals surface area contributed by atoms with Crippen molar-refractivity contribution in [3.63, 3.8) is 0 Å². The molecule has 2 aromatic carbocycles. The average molecular weight is 688 g/mol. The van der Waals surface area contributed by atoms with Gasteiger partial charge in [-0.3, -0.25) is 9.89 Å². The molecule has 4 N–H and O–H groups in total. The molecule has 2 heterocycles. The van der Waals surface area contributed by atoms with Crippen LogP contribution in [0.1, 0.15) is 77.8 Å². The van der Waals surface area contributed by atoms with Gasteiger partial charge in [0, 0.05) is 68.3 Å².